The van der Waals surface area contributed by atoms with Gasteiger partial charge < -0.3 is 9.84 Å². The largest absolute Gasteiger partial charge is 0.479 e. The Hall–Kier alpha value is -4.17. The number of nitrogens with one attached hydrogen (secondary N) is 2. The van der Waals surface area contributed by atoms with Crippen LogP contribution in [0.5, 0.6) is 0 Å². The van der Waals surface area contributed by atoms with E-state index in [2.05, 4.69) is 22.9 Å². The van der Waals surface area contributed by atoms with E-state index in [0.717, 1.165) is 35.1 Å². The number of carboxylic acid groups (broad SMARTS) is 1. The molecule has 0 radical (unpaired) electrons. The van der Waals surface area contributed by atoms with Crippen LogP contribution in [0.3, 0.4) is 0 Å². The van der Waals surface area contributed by atoms with E-state index in [9.17, 15) is 19.5 Å². The topological polar surface area (TPSA) is 114 Å². The lowest BCUT2D eigenvalue weighted by atomic mass is 9.98. The van der Waals surface area contributed by atoms with Crippen LogP contribution in [0.25, 0.3) is 11.1 Å². The molecule has 178 valence electrons. The number of hydrogen-bond donors (Lipinski definition) is 3. The second-order valence-electron chi connectivity index (χ2n) is 8.68. The van der Waals surface area contributed by atoms with E-state index in [4.69, 9.17) is 9.57 Å². The molecule has 2 aliphatic rings. The second-order valence-corrected chi connectivity index (χ2v) is 8.68. The Kier molecular flexibility index (Phi) is 6.20. The third-order valence-electron chi connectivity index (χ3n) is 6.29. The summed E-state index contributed by atoms with van der Waals surface area (Å²) < 4.78 is 5.54. The molecule has 0 spiro atoms. The standard InChI is InChI=1S/C27H24N2O6/c30-25(29-35-24(26(31)32)16-12-13-16)17-6-5-7-18(14-17)28-27(33)34-15-23-21-10-3-1-8-19(21)20-9-2-4-11-22(20)23/h1-11,14,16,23-24H,12-13,15H2,(H,28,33)(H,29,30)(H,31,32). The molecule has 0 aliphatic heterocycles. The highest BCUT2D eigenvalue weighted by atomic mass is 16.7. The highest BCUT2D eigenvalue weighted by molar-refractivity contribution is 5.95. The fourth-order valence-corrected chi connectivity index (χ4v) is 4.41. The maximum Gasteiger partial charge on any atom is 0.411 e. The van der Waals surface area contributed by atoms with E-state index in [1.807, 2.05) is 36.4 Å². The highest BCUT2D eigenvalue weighted by Crippen LogP contribution is 2.44. The average Bonchev–Trinajstić information content (AvgIpc) is 3.65. The first kappa shape index (κ1) is 22.6. The molecule has 0 aromatic heterocycles. The van der Waals surface area contributed by atoms with Crippen molar-refractivity contribution >= 4 is 23.7 Å². The van der Waals surface area contributed by atoms with Crippen LogP contribution in [0.2, 0.25) is 0 Å². The molecule has 2 amide bonds. The lowest BCUT2D eigenvalue weighted by Gasteiger charge is -2.15. The van der Waals surface area contributed by atoms with Crippen molar-refractivity contribution in [3.8, 4) is 11.1 Å². The van der Waals surface area contributed by atoms with Gasteiger partial charge in [-0.05, 0) is 59.2 Å². The van der Waals surface area contributed by atoms with E-state index in [1.54, 1.807) is 12.1 Å². The summed E-state index contributed by atoms with van der Waals surface area (Å²) in [6.07, 6.45) is -0.194. The predicted molar refractivity (Wildman–Crippen MR) is 128 cm³/mol. The van der Waals surface area contributed by atoms with Crippen molar-refractivity contribution in [2.75, 3.05) is 11.9 Å². The van der Waals surface area contributed by atoms with E-state index < -0.39 is 24.1 Å². The zero-order valence-corrected chi connectivity index (χ0v) is 18.8. The summed E-state index contributed by atoms with van der Waals surface area (Å²) in [4.78, 5) is 41.3. The third-order valence-corrected chi connectivity index (χ3v) is 6.29. The number of carboxylic acids is 1. The van der Waals surface area contributed by atoms with Gasteiger partial charge in [-0.3, -0.25) is 14.9 Å². The highest BCUT2D eigenvalue weighted by Gasteiger charge is 2.38. The Labute approximate surface area is 201 Å². The molecule has 1 saturated carbocycles. The number of carbonyl (C=O) groups is 3. The molecule has 3 N–H and O–H groups in total. The molecular weight excluding hydrogens is 448 g/mol. The van der Waals surface area contributed by atoms with Crippen LogP contribution < -0.4 is 10.8 Å². The predicted octanol–water partition coefficient (Wildman–Crippen LogP) is 4.57. The fourth-order valence-electron chi connectivity index (χ4n) is 4.41. The number of anilines is 1. The number of fused-ring (bicyclic) bond motifs is 3. The Balaban J connectivity index is 1.19. The van der Waals surface area contributed by atoms with Crippen molar-refractivity contribution in [1.29, 1.82) is 0 Å². The van der Waals surface area contributed by atoms with Crippen LogP contribution >= 0.6 is 0 Å². The first-order chi connectivity index (χ1) is 17.0. The average molecular weight is 472 g/mol. The molecule has 1 unspecified atom stereocenters. The Morgan fingerprint density at radius 3 is 2.20 bits per heavy atom. The van der Waals surface area contributed by atoms with Crippen LogP contribution in [-0.2, 0) is 14.4 Å². The van der Waals surface area contributed by atoms with Gasteiger partial charge in [-0.1, -0.05) is 54.6 Å². The van der Waals surface area contributed by atoms with Gasteiger partial charge in [-0.2, -0.15) is 0 Å². The van der Waals surface area contributed by atoms with Gasteiger partial charge in [0.2, 0.25) is 0 Å². The van der Waals surface area contributed by atoms with Gasteiger partial charge in [0.1, 0.15) is 6.61 Å². The number of aliphatic carboxylic acids is 1. The summed E-state index contributed by atoms with van der Waals surface area (Å²) in [6, 6.07) is 22.4. The lowest BCUT2D eigenvalue weighted by molar-refractivity contribution is -0.155. The Morgan fingerprint density at radius 1 is 0.914 bits per heavy atom. The summed E-state index contributed by atoms with van der Waals surface area (Å²) in [6.45, 7) is 0.172. The lowest BCUT2D eigenvalue weighted by Crippen LogP contribution is -2.35. The molecule has 5 rings (SSSR count). The van der Waals surface area contributed by atoms with Crippen LogP contribution in [-0.4, -0.2) is 35.8 Å². The van der Waals surface area contributed by atoms with Crippen molar-refractivity contribution in [2.24, 2.45) is 5.92 Å². The molecule has 2 aliphatic carbocycles. The van der Waals surface area contributed by atoms with Gasteiger partial charge in [-0.25, -0.2) is 15.1 Å². The van der Waals surface area contributed by atoms with E-state index in [0.29, 0.717) is 5.69 Å². The fraction of sp³-hybridized carbons (Fsp3) is 0.222. The van der Waals surface area contributed by atoms with Gasteiger partial charge in [0, 0.05) is 17.2 Å². The van der Waals surface area contributed by atoms with Gasteiger partial charge in [0.25, 0.3) is 5.91 Å². The van der Waals surface area contributed by atoms with Crippen LogP contribution in [0, 0.1) is 5.92 Å². The molecule has 8 heteroatoms. The molecule has 35 heavy (non-hydrogen) atoms. The number of rotatable bonds is 8. The molecule has 3 aromatic carbocycles. The molecule has 3 aromatic rings. The van der Waals surface area contributed by atoms with Crippen molar-refractivity contribution in [1.82, 2.24) is 5.48 Å². The smallest absolute Gasteiger partial charge is 0.411 e. The summed E-state index contributed by atoms with van der Waals surface area (Å²) >= 11 is 0. The van der Waals surface area contributed by atoms with E-state index >= 15 is 0 Å². The normalized spacial score (nSPS) is 15.0. The van der Waals surface area contributed by atoms with Crippen LogP contribution in [0.4, 0.5) is 10.5 Å². The summed E-state index contributed by atoms with van der Waals surface area (Å²) in [5.74, 6) is -1.86. The van der Waals surface area contributed by atoms with Crippen molar-refractivity contribution in [3.63, 3.8) is 0 Å². The molecule has 8 nitrogen and oxygen atoms in total. The van der Waals surface area contributed by atoms with Gasteiger partial charge in [0.15, 0.2) is 6.10 Å². The maximum atomic E-state index is 12.5. The van der Waals surface area contributed by atoms with Crippen molar-refractivity contribution in [3.05, 3.63) is 89.5 Å². The van der Waals surface area contributed by atoms with Crippen LogP contribution in [0.1, 0.15) is 40.2 Å². The molecule has 1 fully saturated rings. The minimum absolute atomic E-state index is 0.0592. The van der Waals surface area contributed by atoms with Crippen LogP contribution in [0.15, 0.2) is 72.8 Å². The van der Waals surface area contributed by atoms with Gasteiger partial charge in [-0.15, -0.1) is 0 Å². The summed E-state index contributed by atoms with van der Waals surface area (Å²) in [5.41, 5.74) is 7.30. The Morgan fingerprint density at radius 2 is 1.57 bits per heavy atom. The molecule has 1 atom stereocenters. The number of ether oxygens (including phenoxy) is 1. The summed E-state index contributed by atoms with van der Waals surface area (Å²) in [5, 5.41) is 11.9. The Bertz CT molecular complexity index is 1240. The SMILES string of the molecule is O=C(Nc1cccc(C(=O)NOC(C(=O)O)C2CC2)c1)OCC1c2ccccc2-c2ccccc21. The quantitative estimate of drug-likeness (QED) is 0.414. The van der Waals surface area contributed by atoms with Crippen molar-refractivity contribution < 1.29 is 29.1 Å². The minimum Gasteiger partial charge on any atom is -0.479 e. The zero-order valence-electron chi connectivity index (χ0n) is 18.8. The maximum absolute atomic E-state index is 12.5. The summed E-state index contributed by atoms with van der Waals surface area (Å²) in [7, 11) is 0. The van der Waals surface area contributed by atoms with E-state index in [1.165, 1.54) is 12.1 Å². The minimum atomic E-state index is -1.11. The number of benzene rings is 3. The third kappa shape index (κ3) is 4.88. The zero-order chi connectivity index (χ0) is 24.4. The second kappa shape index (κ2) is 9.60. The van der Waals surface area contributed by atoms with Crippen molar-refractivity contribution in [2.45, 2.75) is 24.9 Å². The van der Waals surface area contributed by atoms with Gasteiger partial charge in [0.05, 0.1) is 0 Å². The first-order valence-corrected chi connectivity index (χ1v) is 11.4. The first-order valence-electron chi connectivity index (χ1n) is 11.4. The monoisotopic (exact) mass is 472 g/mol. The van der Waals surface area contributed by atoms with Gasteiger partial charge >= 0.3 is 12.1 Å². The molecule has 0 saturated heterocycles. The molecule has 0 bridgehead atoms. The number of hydrogen-bond acceptors (Lipinski definition) is 5. The number of carbonyl (C=O) groups excluding carboxylic acids is 2. The molecule has 0 heterocycles. The number of hydroxylamine groups is 1. The number of amides is 2. The molecular formula is C27H24N2O6. The van der Waals surface area contributed by atoms with E-state index in [-0.39, 0.29) is 24.0 Å².